The molecule has 0 unspecified atom stereocenters. The van der Waals surface area contributed by atoms with Gasteiger partial charge in [0.25, 0.3) is 0 Å². The number of carbonyl (C=O) groups is 1. The molecule has 3 rings (SSSR count). The lowest BCUT2D eigenvalue weighted by Crippen LogP contribution is -2.16. The van der Waals surface area contributed by atoms with Crippen molar-refractivity contribution in [1.29, 1.82) is 0 Å². The van der Waals surface area contributed by atoms with Crippen LogP contribution >= 0.6 is 0 Å². The maximum atomic E-state index is 13.7. The lowest BCUT2D eigenvalue weighted by molar-refractivity contribution is 0.103. The van der Waals surface area contributed by atoms with E-state index in [1.54, 1.807) is 24.3 Å². The molecule has 3 aromatic rings. The van der Waals surface area contributed by atoms with Crippen LogP contribution < -0.4 is 10.2 Å². The van der Waals surface area contributed by atoms with Crippen molar-refractivity contribution in [1.82, 2.24) is 4.98 Å². The number of hydrogen-bond donors (Lipinski definition) is 1. The second kappa shape index (κ2) is 5.44. The molecule has 0 spiro atoms. The molecule has 0 radical (unpaired) electrons. The Kier molecular flexibility index (Phi) is 3.47. The van der Waals surface area contributed by atoms with Gasteiger partial charge in [-0.05, 0) is 30.3 Å². The highest BCUT2D eigenvalue weighted by Crippen LogP contribution is 2.19. The number of benzene rings is 2. The second-order valence-electron chi connectivity index (χ2n) is 4.76. The van der Waals surface area contributed by atoms with E-state index in [4.69, 9.17) is 4.74 Å². The molecule has 110 valence electrons. The zero-order chi connectivity index (χ0) is 15.7. The summed E-state index contributed by atoms with van der Waals surface area (Å²) in [6.45, 7) is 0. The van der Waals surface area contributed by atoms with E-state index in [2.05, 4.69) is 4.98 Å². The first-order chi connectivity index (χ1) is 10.6. The third kappa shape index (κ3) is 2.26. The summed E-state index contributed by atoms with van der Waals surface area (Å²) in [5, 5.41) is 0.419. The number of H-pyrrole nitrogens is 1. The van der Waals surface area contributed by atoms with Crippen LogP contribution in [0.3, 0.4) is 0 Å². The van der Waals surface area contributed by atoms with Crippen molar-refractivity contribution in [2.45, 2.75) is 0 Å². The van der Waals surface area contributed by atoms with Gasteiger partial charge in [0.1, 0.15) is 0 Å². The van der Waals surface area contributed by atoms with Gasteiger partial charge in [0, 0.05) is 22.7 Å². The zero-order valence-corrected chi connectivity index (χ0v) is 11.7. The number of pyridine rings is 1. The Morgan fingerprint density at radius 2 is 1.95 bits per heavy atom. The summed E-state index contributed by atoms with van der Waals surface area (Å²) >= 11 is 0. The standard InChI is InChI=1S/C17H12FNO3/c1-22-15-7-6-10(8-13(15)18)16(20)12-9-19-14-5-3-2-4-11(14)17(12)21/h2-9H,1H3,(H,19,21). The molecule has 0 saturated carbocycles. The highest BCUT2D eigenvalue weighted by Gasteiger charge is 2.16. The van der Waals surface area contributed by atoms with Crippen LogP contribution in [0.25, 0.3) is 10.9 Å². The first kappa shape index (κ1) is 14.0. The van der Waals surface area contributed by atoms with Gasteiger partial charge in [-0.1, -0.05) is 12.1 Å². The maximum Gasteiger partial charge on any atom is 0.200 e. The predicted octanol–water partition coefficient (Wildman–Crippen LogP) is 2.91. The SMILES string of the molecule is COc1ccc(C(=O)c2c[nH]c3ccccc3c2=O)cc1F. The van der Waals surface area contributed by atoms with Gasteiger partial charge < -0.3 is 9.72 Å². The number of aromatic nitrogens is 1. The molecule has 1 aromatic heterocycles. The Bertz CT molecular complexity index is 931. The third-order valence-electron chi connectivity index (χ3n) is 3.45. The Labute approximate surface area is 125 Å². The van der Waals surface area contributed by atoms with Gasteiger partial charge in [-0.15, -0.1) is 0 Å². The Balaban J connectivity index is 2.11. The van der Waals surface area contributed by atoms with E-state index in [0.717, 1.165) is 6.07 Å². The molecule has 1 heterocycles. The van der Waals surface area contributed by atoms with Crippen LogP contribution in [0.2, 0.25) is 0 Å². The quantitative estimate of drug-likeness (QED) is 0.756. The van der Waals surface area contributed by atoms with Crippen molar-refractivity contribution in [2.75, 3.05) is 7.11 Å². The van der Waals surface area contributed by atoms with Crippen LogP contribution in [0.5, 0.6) is 5.75 Å². The van der Waals surface area contributed by atoms with Crippen molar-refractivity contribution < 1.29 is 13.9 Å². The molecule has 0 fully saturated rings. The first-order valence-electron chi connectivity index (χ1n) is 6.60. The Hall–Kier alpha value is -2.95. The first-order valence-corrected chi connectivity index (χ1v) is 6.60. The van der Waals surface area contributed by atoms with Gasteiger partial charge >= 0.3 is 0 Å². The monoisotopic (exact) mass is 297 g/mol. The molecule has 0 saturated heterocycles. The molecule has 0 amide bonds. The smallest absolute Gasteiger partial charge is 0.200 e. The van der Waals surface area contributed by atoms with Crippen LogP contribution in [0.4, 0.5) is 4.39 Å². The topological polar surface area (TPSA) is 59.2 Å². The van der Waals surface area contributed by atoms with Gasteiger partial charge in [-0.25, -0.2) is 4.39 Å². The van der Waals surface area contributed by atoms with Crippen molar-refractivity contribution in [3.8, 4) is 5.75 Å². The van der Waals surface area contributed by atoms with Gasteiger partial charge in [0.15, 0.2) is 17.3 Å². The zero-order valence-electron chi connectivity index (χ0n) is 11.7. The highest BCUT2D eigenvalue weighted by atomic mass is 19.1. The molecule has 0 aliphatic carbocycles. The average Bonchev–Trinajstić information content (AvgIpc) is 2.55. The van der Waals surface area contributed by atoms with E-state index in [-0.39, 0.29) is 22.3 Å². The molecule has 2 aromatic carbocycles. The van der Waals surface area contributed by atoms with E-state index in [0.29, 0.717) is 10.9 Å². The number of aromatic amines is 1. The fraction of sp³-hybridized carbons (Fsp3) is 0.0588. The molecule has 1 N–H and O–H groups in total. The Morgan fingerprint density at radius 1 is 1.18 bits per heavy atom. The molecular formula is C17H12FNO3. The minimum Gasteiger partial charge on any atom is -0.494 e. The van der Waals surface area contributed by atoms with Gasteiger partial charge in [0.2, 0.25) is 5.43 Å². The van der Waals surface area contributed by atoms with Gasteiger partial charge in [0.05, 0.1) is 12.7 Å². The van der Waals surface area contributed by atoms with Crippen LogP contribution in [0, 0.1) is 5.82 Å². The van der Waals surface area contributed by atoms with Crippen molar-refractivity contribution >= 4 is 16.7 Å². The van der Waals surface area contributed by atoms with E-state index in [1.165, 1.54) is 25.4 Å². The van der Waals surface area contributed by atoms with Gasteiger partial charge in [-0.2, -0.15) is 0 Å². The number of fused-ring (bicyclic) bond motifs is 1. The van der Waals surface area contributed by atoms with Crippen LogP contribution in [0.1, 0.15) is 15.9 Å². The molecule has 0 bridgehead atoms. The van der Waals surface area contributed by atoms with E-state index in [9.17, 15) is 14.0 Å². The number of ether oxygens (including phenoxy) is 1. The number of methoxy groups -OCH3 is 1. The minimum atomic E-state index is -0.648. The summed E-state index contributed by atoms with van der Waals surface area (Å²) in [4.78, 5) is 27.7. The highest BCUT2D eigenvalue weighted by molar-refractivity contribution is 6.10. The minimum absolute atomic E-state index is 0.0248. The molecule has 22 heavy (non-hydrogen) atoms. The summed E-state index contributed by atoms with van der Waals surface area (Å²) in [6.07, 6.45) is 1.36. The summed E-state index contributed by atoms with van der Waals surface area (Å²) in [7, 11) is 1.34. The van der Waals surface area contributed by atoms with Crippen LogP contribution in [-0.4, -0.2) is 17.9 Å². The maximum absolute atomic E-state index is 13.7. The lowest BCUT2D eigenvalue weighted by atomic mass is 10.0. The second-order valence-corrected chi connectivity index (χ2v) is 4.76. The third-order valence-corrected chi connectivity index (χ3v) is 3.45. The number of halogens is 1. The Morgan fingerprint density at radius 3 is 2.68 bits per heavy atom. The predicted molar refractivity (Wildman–Crippen MR) is 81.0 cm³/mol. The summed E-state index contributed by atoms with van der Waals surface area (Å²) in [5.41, 5.74) is 0.336. The van der Waals surface area contributed by atoms with E-state index >= 15 is 0 Å². The molecule has 0 aliphatic heterocycles. The number of ketones is 1. The lowest BCUT2D eigenvalue weighted by Gasteiger charge is -2.05. The molecule has 0 atom stereocenters. The van der Waals surface area contributed by atoms with E-state index < -0.39 is 11.6 Å². The van der Waals surface area contributed by atoms with Crippen LogP contribution in [-0.2, 0) is 0 Å². The molecular weight excluding hydrogens is 285 g/mol. The van der Waals surface area contributed by atoms with E-state index in [1.807, 2.05) is 0 Å². The number of rotatable bonds is 3. The van der Waals surface area contributed by atoms with Crippen molar-refractivity contribution in [2.24, 2.45) is 0 Å². The largest absolute Gasteiger partial charge is 0.494 e. The number of hydrogen-bond acceptors (Lipinski definition) is 3. The van der Waals surface area contributed by atoms with Crippen molar-refractivity contribution in [3.63, 3.8) is 0 Å². The molecule has 4 nitrogen and oxygen atoms in total. The molecule has 0 aliphatic rings. The average molecular weight is 297 g/mol. The fourth-order valence-electron chi connectivity index (χ4n) is 2.30. The van der Waals surface area contributed by atoms with Gasteiger partial charge in [-0.3, -0.25) is 9.59 Å². The fourth-order valence-corrected chi connectivity index (χ4v) is 2.30. The van der Waals surface area contributed by atoms with Crippen LogP contribution in [0.15, 0.2) is 53.5 Å². The molecule has 5 heteroatoms. The number of carbonyl (C=O) groups excluding carboxylic acids is 1. The van der Waals surface area contributed by atoms with Crippen molar-refractivity contribution in [3.05, 3.63) is 75.8 Å². The summed E-state index contributed by atoms with van der Waals surface area (Å²) < 4.78 is 18.5. The summed E-state index contributed by atoms with van der Waals surface area (Å²) in [5.74, 6) is -1.14. The summed E-state index contributed by atoms with van der Waals surface area (Å²) in [6, 6.07) is 10.8. The normalized spacial score (nSPS) is 10.6. The number of para-hydroxylation sites is 1. The number of nitrogens with one attached hydrogen (secondary N) is 1.